The van der Waals surface area contributed by atoms with Gasteiger partial charge in [0.05, 0.1) is 67.5 Å². The van der Waals surface area contributed by atoms with Crippen molar-refractivity contribution in [2.24, 2.45) is 16.7 Å². The Morgan fingerprint density at radius 2 is 0.961 bits per heavy atom. The SMILES string of the molecule is CC1(C)CCC(CN2CCN(c3ccc(C(=O)NS(=O)(=O)c4cc5c(c([N+](=O)[O-])c4)C[C@@H](Cc4ccccc4)CO5)c(Oc4cnc5[nH]ccc5c4)c3)CC2)=C(c2ccc(Cl)cc2)C1.CC1(C)CCC(CN2CCN(c3ccc(C(=O)NS(=O)(=O)c4cc5c(c([N+](=O)[O-])c4)C[C@H](c4ccccc4)CO5)c(Oc4cnc5[nH]ccc5c4)c3)CC2)=C(c2ccc(Cl)cc2)C1. The quantitative estimate of drug-likeness (QED) is 0.0341. The molecule has 0 radical (unpaired) electrons. The predicted molar refractivity (Wildman–Crippen MR) is 491 cm³/mol. The van der Waals surface area contributed by atoms with Gasteiger partial charge >= 0.3 is 0 Å². The van der Waals surface area contributed by atoms with Crippen LogP contribution in [0.15, 0.2) is 240 Å². The zero-order chi connectivity index (χ0) is 88.5. The molecular weight excluding hydrogens is 1690 g/mol. The Hall–Kier alpha value is -12.4. The Labute approximate surface area is 746 Å². The Morgan fingerprint density at radius 1 is 0.528 bits per heavy atom. The van der Waals surface area contributed by atoms with Crippen molar-refractivity contribution in [3.63, 3.8) is 0 Å². The lowest BCUT2D eigenvalue weighted by molar-refractivity contribution is -0.386. The molecule has 8 aromatic carbocycles. The third-order valence-electron chi connectivity index (χ3n) is 25.0. The lowest BCUT2D eigenvalue weighted by Gasteiger charge is -2.39. The highest BCUT2D eigenvalue weighted by Gasteiger charge is 2.38. The normalized spacial score (nSPS) is 17.8. The fourth-order valence-electron chi connectivity index (χ4n) is 18.0. The van der Waals surface area contributed by atoms with Crippen molar-refractivity contribution in [1.82, 2.24) is 39.2 Å². The maximum Gasteiger partial charge on any atom is 0.277 e. The smallest absolute Gasteiger partial charge is 0.277 e. The number of anilines is 2. The highest BCUT2D eigenvalue weighted by Crippen LogP contribution is 2.48. The number of carbonyl (C=O) groups is 2. The summed E-state index contributed by atoms with van der Waals surface area (Å²) in [5.74, 6) is -1.01. The van der Waals surface area contributed by atoms with E-state index in [0.717, 1.165) is 159 Å². The summed E-state index contributed by atoms with van der Waals surface area (Å²) in [5, 5.41) is 27.7. The highest BCUT2D eigenvalue weighted by atomic mass is 35.5. The molecule has 2 fully saturated rings. The molecular formula is C97H96Cl2N12O14S2. The predicted octanol–water partition coefficient (Wildman–Crippen LogP) is 19.2. The topological polar surface area (TPSA) is 320 Å². The number of piperazine rings is 2. The molecule has 2 amide bonds. The number of hydrogen-bond donors (Lipinski definition) is 4. The van der Waals surface area contributed by atoms with Gasteiger partial charge in [0.15, 0.2) is 0 Å². The van der Waals surface area contributed by atoms with E-state index in [2.05, 4.69) is 101 Å². The molecule has 654 valence electrons. The van der Waals surface area contributed by atoms with E-state index in [0.29, 0.717) is 46.8 Å². The summed E-state index contributed by atoms with van der Waals surface area (Å²) in [5.41, 5.74) is 13.3. The van der Waals surface area contributed by atoms with E-state index in [-0.39, 0.29) is 82.1 Å². The largest absolute Gasteiger partial charge is 0.493 e. The van der Waals surface area contributed by atoms with Crippen LogP contribution >= 0.6 is 23.2 Å². The fourth-order valence-corrected chi connectivity index (χ4v) is 20.3. The third-order valence-corrected chi connectivity index (χ3v) is 28.1. The minimum atomic E-state index is -4.63. The van der Waals surface area contributed by atoms with Crippen LogP contribution in [0.1, 0.15) is 126 Å². The molecule has 0 bridgehead atoms. The number of nitrogens with one attached hydrogen (secondary N) is 4. The lowest BCUT2D eigenvalue weighted by Crippen LogP contribution is -2.47. The van der Waals surface area contributed by atoms with E-state index in [9.17, 15) is 46.7 Å². The van der Waals surface area contributed by atoms with Crippen molar-refractivity contribution < 1.29 is 55.2 Å². The van der Waals surface area contributed by atoms with Crippen molar-refractivity contribution in [2.75, 3.05) is 88.5 Å². The number of fused-ring (bicyclic) bond motifs is 4. The molecule has 2 atom stereocenters. The number of aromatic nitrogens is 4. The first-order chi connectivity index (χ1) is 61.0. The third kappa shape index (κ3) is 20.0. The molecule has 8 heterocycles. The number of allylic oxidation sites excluding steroid dienone is 2. The molecule has 12 aromatic rings. The fraction of sp³-hybridized carbons (Fsp3) is 0.299. The first-order valence-corrected chi connectivity index (χ1v) is 46.3. The lowest BCUT2D eigenvalue weighted by atomic mass is 9.72. The number of nitrogens with zero attached hydrogens (tertiary/aromatic N) is 8. The molecule has 6 aliphatic rings. The Kier molecular flexibility index (Phi) is 24.9. The minimum Gasteiger partial charge on any atom is -0.493 e. The second-order valence-corrected chi connectivity index (χ2v) is 39.3. The molecule has 4 aromatic heterocycles. The number of halogens is 2. The minimum absolute atomic E-state index is 0.0461. The standard InChI is InChI=1S/C49H49ClN6O7S.C48H47ClN6O7S/c1-49(2)16-14-36(43(28-49)34-8-10-37(50)11-9-34)30-54-18-20-55(21-19-54)38-12-13-41(46(25-38)63-39-24-35-15-17-51-47(35)52-29-39)48(57)53-64(60,61)40-26-44(56(58)59)42-23-33(31-62-45(42)27-40)22-32-6-4-3-5-7-32;1-48(2)16-14-34(42(27-48)32-8-10-36(49)11-9-32)29-53-18-20-54(21-19-53)37-12-13-40(45(24-37)62-38-22-33-15-17-50-46(33)51-28-38)47(56)52-63(59,60)39-25-43(55(57)58)41-23-35(30-61-44(41)26-39)31-6-4-3-5-7-31/h3-13,15,17,24-27,29,33H,14,16,18-23,28,30-31H2,1-2H3,(H,51,52)(H,53,57);3-13,15,17,22,24-26,28,35H,14,16,18-21,23,27,29-30H2,1-2H3,(H,50,51)(H,52,56)/t33-;35-/m10/s1. The number of ether oxygens (including phenoxy) is 4. The van der Waals surface area contributed by atoms with E-state index < -0.39 is 57.2 Å². The first kappa shape index (κ1) is 86.7. The van der Waals surface area contributed by atoms with E-state index in [1.54, 1.807) is 60.9 Å². The molecule has 127 heavy (non-hydrogen) atoms. The maximum absolute atomic E-state index is 14.1. The monoisotopic (exact) mass is 1790 g/mol. The van der Waals surface area contributed by atoms with Gasteiger partial charge in [-0.1, -0.05) is 147 Å². The number of sulfonamides is 2. The number of H-pyrrole nitrogens is 2. The van der Waals surface area contributed by atoms with E-state index in [1.165, 1.54) is 57.9 Å². The van der Waals surface area contributed by atoms with Gasteiger partial charge in [-0.15, -0.1) is 0 Å². The number of rotatable bonds is 23. The number of hydrogen-bond acceptors (Lipinski definition) is 20. The highest BCUT2D eigenvalue weighted by molar-refractivity contribution is 7.90. The second kappa shape index (κ2) is 36.5. The van der Waals surface area contributed by atoms with Crippen molar-refractivity contribution >= 4 is 111 Å². The summed E-state index contributed by atoms with van der Waals surface area (Å²) in [6.45, 7) is 17.7. The summed E-state index contributed by atoms with van der Waals surface area (Å²) in [4.78, 5) is 75.0. The van der Waals surface area contributed by atoms with Crippen molar-refractivity contribution in [3.8, 4) is 34.5 Å². The number of nitro benzene ring substituents is 2. The molecule has 18 rings (SSSR count). The van der Waals surface area contributed by atoms with Crippen molar-refractivity contribution in [1.29, 1.82) is 0 Å². The van der Waals surface area contributed by atoms with Gasteiger partial charge in [-0.25, -0.2) is 36.2 Å². The Balaban J connectivity index is 0.000000179. The van der Waals surface area contributed by atoms with E-state index in [4.69, 9.17) is 42.1 Å². The van der Waals surface area contributed by atoms with Gasteiger partial charge in [-0.05, 0) is 175 Å². The van der Waals surface area contributed by atoms with Crippen molar-refractivity contribution in [2.45, 2.75) is 101 Å². The van der Waals surface area contributed by atoms with Gasteiger partial charge < -0.3 is 38.7 Å². The Bertz CT molecular complexity index is 6510. The molecule has 30 heteroatoms. The number of benzene rings is 8. The van der Waals surface area contributed by atoms with Crippen LogP contribution in [0.2, 0.25) is 10.0 Å². The number of nitro groups is 2. The number of amides is 2. The van der Waals surface area contributed by atoms with Crippen LogP contribution in [0.3, 0.4) is 0 Å². The average molecular weight is 1790 g/mol. The molecule has 2 saturated heterocycles. The summed E-state index contributed by atoms with van der Waals surface area (Å²) < 4.78 is 84.5. The zero-order valence-electron chi connectivity index (χ0n) is 70.7. The van der Waals surface area contributed by atoms with Gasteiger partial charge in [0.1, 0.15) is 45.8 Å². The number of aromatic amines is 2. The first-order valence-electron chi connectivity index (χ1n) is 42.6. The van der Waals surface area contributed by atoms with Gasteiger partial charge in [-0.3, -0.25) is 39.6 Å². The van der Waals surface area contributed by atoms with Crippen LogP contribution in [-0.4, -0.2) is 147 Å². The van der Waals surface area contributed by atoms with Crippen LogP contribution in [0, 0.1) is 37.0 Å². The number of carbonyl (C=O) groups excluding carboxylic acids is 2. The molecule has 4 N–H and O–H groups in total. The van der Waals surface area contributed by atoms with Crippen LogP contribution in [0.25, 0.3) is 33.2 Å². The summed E-state index contributed by atoms with van der Waals surface area (Å²) in [6, 6.07) is 57.4. The second-order valence-electron chi connectivity index (χ2n) is 35.0. The molecule has 2 aliphatic carbocycles. The molecule has 26 nitrogen and oxygen atoms in total. The average Bonchev–Trinajstić information content (AvgIpc) is 1.22. The molecule has 0 saturated carbocycles. The van der Waals surface area contributed by atoms with Crippen LogP contribution < -0.4 is 38.2 Å². The van der Waals surface area contributed by atoms with Crippen LogP contribution in [0.5, 0.6) is 34.5 Å². The van der Waals surface area contributed by atoms with Gasteiger partial charge in [-0.2, -0.15) is 0 Å². The molecule has 0 unspecified atom stereocenters. The van der Waals surface area contributed by atoms with Gasteiger partial charge in [0.25, 0.3) is 43.2 Å². The van der Waals surface area contributed by atoms with E-state index >= 15 is 0 Å². The van der Waals surface area contributed by atoms with Gasteiger partial charge in [0, 0.05) is 158 Å². The van der Waals surface area contributed by atoms with E-state index in [1.807, 2.05) is 97.1 Å². The van der Waals surface area contributed by atoms with Crippen molar-refractivity contribution in [3.05, 3.63) is 305 Å². The number of pyridine rings is 2. The summed E-state index contributed by atoms with van der Waals surface area (Å²) in [6.07, 6.45) is 14.2. The Morgan fingerprint density at radius 3 is 1.41 bits per heavy atom. The molecule has 4 aliphatic heterocycles. The van der Waals surface area contributed by atoms with Crippen LogP contribution in [0.4, 0.5) is 22.7 Å². The molecule has 0 spiro atoms. The van der Waals surface area contributed by atoms with Gasteiger partial charge in [0.2, 0.25) is 0 Å². The summed E-state index contributed by atoms with van der Waals surface area (Å²) in [7, 11) is -9.27. The van der Waals surface area contributed by atoms with Crippen LogP contribution in [-0.2, 0) is 39.3 Å². The maximum atomic E-state index is 14.1. The zero-order valence-corrected chi connectivity index (χ0v) is 73.8. The summed E-state index contributed by atoms with van der Waals surface area (Å²) >= 11 is 12.5.